The minimum Gasteiger partial charge on any atom is -0.351 e. The average molecular weight is 208 g/mol. The third-order valence-corrected chi connectivity index (χ3v) is 2.67. The summed E-state index contributed by atoms with van der Waals surface area (Å²) >= 11 is 0. The van der Waals surface area contributed by atoms with Crippen LogP contribution in [0.25, 0.3) is 0 Å². The zero-order chi connectivity index (χ0) is 10.7. The van der Waals surface area contributed by atoms with Crippen LogP contribution in [0, 0.1) is 5.92 Å². The van der Waals surface area contributed by atoms with Gasteiger partial charge in [0.2, 0.25) is 5.76 Å². The monoisotopic (exact) mass is 208 g/mol. The highest BCUT2D eigenvalue weighted by Crippen LogP contribution is 2.16. The highest BCUT2D eigenvalue weighted by Gasteiger charge is 2.24. The number of aldehydes is 1. The fraction of sp³-hybridized carbons (Fsp3) is 0.500. The predicted octanol–water partition coefficient (Wildman–Crippen LogP) is 0.726. The van der Waals surface area contributed by atoms with Crippen molar-refractivity contribution in [2.75, 3.05) is 13.1 Å². The standard InChI is InChI=1S/C10H12N2O3/c13-7-8-2-5-12(6-3-8)10(14)9-1-4-11-15-9/h1,4,7-8H,2-3,5-6H2. The van der Waals surface area contributed by atoms with Gasteiger partial charge in [0.25, 0.3) is 5.91 Å². The lowest BCUT2D eigenvalue weighted by molar-refractivity contribution is -0.112. The highest BCUT2D eigenvalue weighted by atomic mass is 16.5. The van der Waals surface area contributed by atoms with Crippen molar-refractivity contribution < 1.29 is 14.1 Å². The SMILES string of the molecule is O=CC1CCN(C(=O)c2ccno2)CC1. The Hall–Kier alpha value is -1.65. The van der Waals surface area contributed by atoms with E-state index in [0.717, 1.165) is 19.1 Å². The summed E-state index contributed by atoms with van der Waals surface area (Å²) in [7, 11) is 0. The molecule has 1 saturated heterocycles. The van der Waals surface area contributed by atoms with Gasteiger partial charge in [-0.2, -0.15) is 0 Å². The molecule has 0 aromatic carbocycles. The van der Waals surface area contributed by atoms with Crippen molar-refractivity contribution in [2.24, 2.45) is 5.92 Å². The van der Waals surface area contributed by atoms with Crippen molar-refractivity contribution >= 4 is 12.2 Å². The number of piperidine rings is 1. The zero-order valence-electron chi connectivity index (χ0n) is 8.26. The van der Waals surface area contributed by atoms with Gasteiger partial charge in [-0.1, -0.05) is 5.16 Å². The van der Waals surface area contributed by atoms with Crippen LogP contribution in [0.3, 0.4) is 0 Å². The van der Waals surface area contributed by atoms with Crippen molar-refractivity contribution in [1.29, 1.82) is 0 Å². The molecule has 0 aliphatic carbocycles. The second-order valence-corrected chi connectivity index (χ2v) is 3.64. The van der Waals surface area contributed by atoms with Gasteiger partial charge in [0.15, 0.2) is 0 Å². The van der Waals surface area contributed by atoms with Crippen LogP contribution in [0.1, 0.15) is 23.4 Å². The van der Waals surface area contributed by atoms with Gasteiger partial charge in [-0.3, -0.25) is 4.79 Å². The van der Waals surface area contributed by atoms with Gasteiger partial charge < -0.3 is 14.2 Å². The number of aromatic nitrogens is 1. The molecule has 0 atom stereocenters. The maximum absolute atomic E-state index is 11.8. The van der Waals surface area contributed by atoms with Crippen LogP contribution >= 0.6 is 0 Å². The van der Waals surface area contributed by atoms with Crippen molar-refractivity contribution in [3.8, 4) is 0 Å². The molecule has 15 heavy (non-hydrogen) atoms. The smallest absolute Gasteiger partial charge is 0.292 e. The number of nitrogens with zero attached hydrogens (tertiary/aromatic N) is 2. The van der Waals surface area contributed by atoms with E-state index < -0.39 is 0 Å². The quantitative estimate of drug-likeness (QED) is 0.672. The summed E-state index contributed by atoms with van der Waals surface area (Å²) < 4.78 is 4.79. The lowest BCUT2D eigenvalue weighted by Crippen LogP contribution is -2.38. The molecule has 0 radical (unpaired) electrons. The average Bonchev–Trinajstić information content (AvgIpc) is 2.82. The molecule has 2 rings (SSSR count). The van der Waals surface area contributed by atoms with E-state index in [1.165, 1.54) is 6.20 Å². The normalized spacial score (nSPS) is 17.7. The topological polar surface area (TPSA) is 63.4 Å². The van der Waals surface area contributed by atoms with E-state index in [1.54, 1.807) is 11.0 Å². The van der Waals surface area contributed by atoms with E-state index in [1.807, 2.05) is 0 Å². The second kappa shape index (κ2) is 4.25. The maximum Gasteiger partial charge on any atom is 0.292 e. The van der Waals surface area contributed by atoms with Gasteiger partial charge in [-0.05, 0) is 12.8 Å². The summed E-state index contributed by atoms with van der Waals surface area (Å²) in [5, 5.41) is 3.49. The highest BCUT2D eigenvalue weighted by molar-refractivity contribution is 5.91. The van der Waals surface area contributed by atoms with Gasteiger partial charge in [-0.15, -0.1) is 0 Å². The summed E-state index contributed by atoms with van der Waals surface area (Å²) in [4.78, 5) is 24.0. The number of likely N-dealkylation sites (tertiary alicyclic amines) is 1. The van der Waals surface area contributed by atoms with Gasteiger partial charge >= 0.3 is 0 Å². The van der Waals surface area contributed by atoms with E-state index in [9.17, 15) is 9.59 Å². The number of amides is 1. The van der Waals surface area contributed by atoms with Gasteiger partial charge in [-0.25, -0.2) is 0 Å². The minimum absolute atomic E-state index is 0.101. The van der Waals surface area contributed by atoms with Crippen molar-refractivity contribution in [1.82, 2.24) is 10.1 Å². The lowest BCUT2D eigenvalue weighted by Gasteiger charge is -2.28. The molecular weight excluding hydrogens is 196 g/mol. The van der Waals surface area contributed by atoms with Crippen LogP contribution in [0.5, 0.6) is 0 Å². The Balaban J connectivity index is 1.96. The Labute approximate surface area is 87.0 Å². The summed E-state index contributed by atoms with van der Waals surface area (Å²) in [5.41, 5.74) is 0. The molecule has 5 nitrogen and oxygen atoms in total. The van der Waals surface area contributed by atoms with Crippen LogP contribution in [0.4, 0.5) is 0 Å². The number of hydrogen-bond acceptors (Lipinski definition) is 4. The van der Waals surface area contributed by atoms with Crippen LogP contribution < -0.4 is 0 Å². The van der Waals surface area contributed by atoms with Gasteiger partial charge in [0.1, 0.15) is 6.29 Å². The molecular formula is C10H12N2O3. The Morgan fingerprint density at radius 1 is 1.53 bits per heavy atom. The van der Waals surface area contributed by atoms with E-state index in [-0.39, 0.29) is 17.6 Å². The summed E-state index contributed by atoms with van der Waals surface area (Å²) in [5.74, 6) is 0.222. The fourth-order valence-electron chi connectivity index (χ4n) is 1.72. The molecule has 80 valence electrons. The Morgan fingerprint density at radius 3 is 2.80 bits per heavy atom. The van der Waals surface area contributed by atoms with Crippen LogP contribution in [-0.2, 0) is 4.79 Å². The van der Waals surface area contributed by atoms with Crippen molar-refractivity contribution in [3.63, 3.8) is 0 Å². The first-order chi connectivity index (χ1) is 7.31. The number of hydrogen-bond donors (Lipinski definition) is 0. The molecule has 0 spiro atoms. The third-order valence-electron chi connectivity index (χ3n) is 2.67. The van der Waals surface area contributed by atoms with Crippen LogP contribution in [-0.4, -0.2) is 35.3 Å². The van der Waals surface area contributed by atoms with E-state index in [4.69, 9.17) is 4.52 Å². The third kappa shape index (κ3) is 2.06. The molecule has 0 N–H and O–H groups in total. The molecule has 0 unspecified atom stereocenters. The second-order valence-electron chi connectivity index (χ2n) is 3.64. The molecule has 1 aromatic rings. The molecule has 1 amide bonds. The van der Waals surface area contributed by atoms with E-state index in [2.05, 4.69) is 5.16 Å². The van der Waals surface area contributed by atoms with E-state index in [0.29, 0.717) is 13.1 Å². The maximum atomic E-state index is 11.8. The molecule has 2 heterocycles. The van der Waals surface area contributed by atoms with Crippen molar-refractivity contribution in [3.05, 3.63) is 18.0 Å². The first kappa shape index (κ1) is 9.89. The summed E-state index contributed by atoms with van der Waals surface area (Å²) in [6, 6.07) is 1.55. The van der Waals surface area contributed by atoms with Crippen LogP contribution in [0.15, 0.2) is 16.8 Å². The Bertz CT molecular complexity index is 340. The summed E-state index contributed by atoms with van der Waals surface area (Å²) in [6.07, 6.45) is 3.90. The summed E-state index contributed by atoms with van der Waals surface area (Å²) in [6.45, 7) is 1.23. The number of carbonyl (C=O) groups excluding carboxylic acids is 2. The minimum atomic E-state index is -0.142. The lowest BCUT2D eigenvalue weighted by atomic mass is 9.98. The molecule has 1 fully saturated rings. The Kier molecular flexibility index (Phi) is 2.80. The first-order valence-electron chi connectivity index (χ1n) is 4.96. The number of carbonyl (C=O) groups is 2. The fourth-order valence-corrected chi connectivity index (χ4v) is 1.72. The van der Waals surface area contributed by atoms with Gasteiger partial charge in [0.05, 0.1) is 6.20 Å². The predicted molar refractivity (Wildman–Crippen MR) is 51.2 cm³/mol. The zero-order valence-corrected chi connectivity index (χ0v) is 8.26. The van der Waals surface area contributed by atoms with Crippen LogP contribution in [0.2, 0.25) is 0 Å². The van der Waals surface area contributed by atoms with Crippen molar-refractivity contribution in [2.45, 2.75) is 12.8 Å². The number of rotatable bonds is 2. The largest absolute Gasteiger partial charge is 0.351 e. The molecule has 1 aromatic heterocycles. The van der Waals surface area contributed by atoms with Gasteiger partial charge in [0, 0.05) is 25.1 Å². The molecule has 0 saturated carbocycles. The molecule has 1 aliphatic rings. The Morgan fingerprint density at radius 2 is 2.27 bits per heavy atom. The molecule has 5 heteroatoms. The molecule has 0 bridgehead atoms. The molecule has 1 aliphatic heterocycles. The van der Waals surface area contributed by atoms with E-state index >= 15 is 0 Å². The first-order valence-corrected chi connectivity index (χ1v) is 4.96.